The van der Waals surface area contributed by atoms with Gasteiger partial charge in [0.05, 0.1) is 23.8 Å². The minimum absolute atomic E-state index is 0.144. The summed E-state index contributed by atoms with van der Waals surface area (Å²) >= 11 is 0. The molecular formula is C24H25N3O4S. The molecule has 2 aliphatic heterocycles. The molecule has 0 unspecified atom stereocenters. The third kappa shape index (κ3) is 3.26. The Labute approximate surface area is 187 Å². The van der Waals surface area contributed by atoms with Gasteiger partial charge in [0.1, 0.15) is 0 Å². The van der Waals surface area contributed by atoms with Crippen LogP contribution < -0.4 is 4.90 Å². The number of likely N-dealkylation sites (N-methyl/N-ethyl adjacent to an activating group) is 1. The highest BCUT2D eigenvalue weighted by atomic mass is 32.2. The van der Waals surface area contributed by atoms with Crippen molar-refractivity contribution in [1.82, 2.24) is 8.87 Å². The highest BCUT2D eigenvalue weighted by molar-refractivity contribution is 7.89. The molecule has 7 nitrogen and oxygen atoms in total. The summed E-state index contributed by atoms with van der Waals surface area (Å²) < 4.78 is 35.2. The molecule has 5 rings (SSSR count). The number of fused-ring (bicyclic) bond motifs is 2. The van der Waals surface area contributed by atoms with Crippen molar-refractivity contribution in [2.45, 2.75) is 18.4 Å². The van der Waals surface area contributed by atoms with Crippen LogP contribution in [0.5, 0.6) is 0 Å². The Kier molecular flexibility index (Phi) is 5.16. The second-order valence-corrected chi connectivity index (χ2v) is 9.94. The molecule has 0 atom stereocenters. The molecule has 8 heteroatoms. The summed E-state index contributed by atoms with van der Waals surface area (Å²) in [5.41, 5.74) is 3.89. The van der Waals surface area contributed by atoms with Crippen LogP contribution >= 0.6 is 0 Å². The van der Waals surface area contributed by atoms with E-state index < -0.39 is 10.0 Å². The fourth-order valence-electron chi connectivity index (χ4n) is 4.47. The van der Waals surface area contributed by atoms with E-state index in [0.717, 1.165) is 23.0 Å². The van der Waals surface area contributed by atoms with Gasteiger partial charge in [-0.3, -0.25) is 4.79 Å². The Balaban J connectivity index is 1.63. The van der Waals surface area contributed by atoms with Crippen LogP contribution in [0.3, 0.4) is 0 Å². The first-order valence-electron chi connectivity index (χ1n) is 10.7. The molecule has 2 aromatic carbocycles. The maximum absolute atomic E-state index is 13.2. The number of hydrogen-bond donors (Lipinski definition) is 0. The van der Waals surface area contributed by atoms with E-state index in [9.17, 15) is 13.2 Å². The monoisotopic (exact) mass is 451 g/mol. The van der Waals surface area contributed by atoms with Crippen molar-refractivity contribution < 1.29 is 17.9 Å². The van der Waals surface area contributed by atoms with Gasteiger partial charge < -0.3 is 14.2 Å². The zero-order valence-electron chi connectivity index (χ0n) is 18.1. The van der Waals surface area contributed by atoms with E-state index in [1.807, 2.05) is 30.5 Å². The number of nitrogens with zero attached hydrogens (tertiary/aromatic N) is 3. The number of para-hydroxylation sites is 1. The van der Waals surface area contributed by atoms with Crippen molar-refractivity contribution in [3.05, 3.63) is 59.8 Å². The van der Waals surface area contributed by atoms with Crippen molar-refractivity contribution in [2.24, 2.45) is 0 Å². The molecule has 1 aromatic heterocycles. The van der Waals surface area contributed by atoms with Crippen molar-refractivity contribution in [1.29, 1.82) is 0 Å². The number of sulfonamides is 1. The van der Waals surface area contributed by atoms with Crippen LogP contribution in [0, 0.1) is 0 Å². The van der Waals surface area contributed by atoms with Gasteiger partial charge in [-0.25, -0.2) is 8.42 Å². The zero-order valence-corrected chi connectivity index (χ0v) is 18.9. The summed E-state index contributed by atoms with van der Waals surface area (Å²) in [6.07, 6.45) is 3.92. The molecule has 0 spiro atoms. The largest absolute Gasteiger partial charge is 0.379 e. The number of benzene rings is 2. The first-order chi connectivity index (χ1) is 15.4. The van der Waals surface area contributed by atoms with Crippen LogP contribution in [-0.2, 0) is 26.1 Å². The van der Waals surface area contributed by atoms with Crippen LogP contribution in [0.25, 0.3) is 22.6 Å². The topological polar surface area (TPSA) is 71.9 Å². The number of aryl methyl sites for hydroxylation is 1. The fraction of sp³-hybridized carbons (Fsp3) is 0.292. The number of rotatable bonds is 4. The average molecular weight is 452 g/mol. The molecule has 3 aromatic rings. The van der Waals surface area contributed by atoms with Gasteiger partial charge in [-0.15, -0.1) is 0 Å². The first kappa shape index (κ1) is 20.9. The summed E-state index contributed by atoms with van der Waals surface area (Å²) in [5, 5.41) is 1.06. The number of carbonyl (C=O) groups excluding carboxylic acids is 1. The van der Waals surface area contributed by atoms with Crippen molar-refractivity contribution in [3.63, 3.8) is 0 Å². The molecule has 1 amide bonds. The van der Waals surface area contributed by atoms with Crippen LogP contribution in [-0.4, -0.2) is 56.5 Å². The summed E-state index contributed by atoms with van der Waals surface area (Å²) in [6, 6.07) is 13.0. The zero-order chi connectivity index (χ0) is 22.5. The first-order valence-corrected chi connectivity index (χ1v) is 12.2. The Morgan fingerprint density at radius 1 is 1.09 bits per heavy atom. The van der Waals surface area contributed by atoms with E-state index in [1.54, 1.807) is 30.1 Å². The average Bonchev–Trinajstić information content (AvgIpc) is 3.30. The smallest absolute Gasteiger partial charge is 0.258 e. The lowest BCUT2D eigenvalue weighted by atomic mass is 10.0. The lowest BCUT2D eigenvalue weighted by Crippen LogP contribution is -2.40. The molecule has 0 radical (unpaired) electrons. The van der Waals surface area contributed by atoms with Gasteiger partial charge in [0.2, 0.25) is 10.0 Å². The lowest BCUT2D eigenvalue weighted by molar-refractivity contribution is -0.112. The van der Waals surface area contributed by atoms with Gasteiger partial charge in [0, 0.05) is 60.5 Å². The predicted molar refractivity (Wildman–Crippen MR) is 125 cm³/mol. The molecule has 0 bridgehead atoms. The van der Waals surface area contributed by atoms with E-state index in [1.165, 1.54) is 4.31 Å². The van der Waals surface area contributed by atoms with Gasteiger partial charge in [0.25, 0.3) is 5.91 Å². The van der Waals surface area contributed by atoms with Crippen molar-refractivity contribution in [3.8, 4) is 0 Å². The van der Waals surface area contributed by atoms with E-state index in [2.05, 4.69) is 17.6 Å². The van der Waals surface area contributed by atoms with Gasteiger partial charge in [-0.2, -0.15) is 4.31 Å². The predicted octanol–water partition coefficient (Wildman–Crippen LogP) is 3.20. The number of carbonyl (C=O) groups is 1. The van der Waals surface area contributed by atoms with Gasteiger partial charge in [0.15, 0.2) is 0 Å². The summed E-state index contributed by atoms with van der Waals surface area (Å²) in [5.74, 6) is -0.144. The molecule has 166 valence electrons. The minimum atomic E-state index is -3.66. The molecule has 0 N–H and O–H groups in total. The second-order valence-electron chi connectivity index (χ2n) is 8.01. The van der Waals surface area contributed by atoms with Crippen LogP contribution in [0.1, 0.15) is 18.1 Å². The minimum Gasteiger partial charge on any atom is -0.379 e. The highest BCUT2D eigenvalue weighted by Crippen LogP contribution is 2.39. The summed E-state index contributed by atoms with van der Waals surface area (Å²) in [4.78, 5) is 14.9. The third-order valence-electron chi connectivity index (χ3n) is 6.22. The SMILES string of the molecule is CCn1cc(/C=C2\C(=O)N(C)c3ccc(S(=O)(=O)N4CCOCC4)cc32)c2ccccc21. The molecular weight excluding hydrogens is 426 g/mol. The highest BCUT2D eigenvalue weighted by Gasteiger charge is 2.33. The number of aromatic nitrogens is 1. The van der Waals surface area contributed by atoms with Gasteiger partial charge >= 0.3 is 0 Å². The second kappa shape index (κ2) is 7.88. The Hall–Kier alpha value is -2.94. The molecule has 3 heterocycles. The van der Waals surface area contributed by atoms with E-state index in [0.29, 0.717) is 43.1 Å². The quantitative estimate of drug-likeness (QED) is 0.571. The number of amides is 1. The van der Waals surface area contributed by atoms with Crippen molar-refractivity contribution >= 4 is 44.2 Å². The molecule has 32 heavy (non-hydrogen) atoms. The maximum atomic E-state index is 13.2. The van der Waals surface area contributed by atoms with E-state index in [4.69, 9.17) is 4.74 Å². The molecule has 0 aliphatic carbocycles. The lowest BCUT2D eigenvalue weighted by Gasteiger charge is -2.26. The van der Waals surface area contributed by atoms with Gasteiger partial charge in [-0.05, 0) is 37.3 Å². The molecule has 0 saturated carbocycles. The van der Waals surface area contributed by atoms with E-state index in [-0.39, 0.29) is 10.8 Å². The van der Waals surface area contributed by atoms with Crippen molar-refractivity contribution in [2.75, 3.05) is 38.3 Å². The van der Waals surface area contributed by atoms with Gasteiger partial charge in [-0.1, -0.05) is 18.2 Å². The number of morpholine rings is 1. The van der Waals surface area contributed by atoms with Crippen LogP contribution in [0.15, 0.2) is 53.6 Å². The Morgan fingerprint density at radius 2 is 1.84 bits per heavy atom. The fourth-order valence-corrected chi connectivity index (χ4v) is 5.91. The number of anilines is 1. The normalized spacial score (nSPS) is 18.6. The molecule has 2 aliphatic rings. The summed E-state index contributed by atoms with van der Waals surface area (Å²) in [7, 11) is -1.94. The summed E-state index contributed by atoms with van der Waals surface area (Å²) in [6.45, 7) is 4.33. The number of hydrogen-bond acceptors (Lipinski definition) is 4. The van der Waals surface area contributed by atoms with E-state index >= 15 is 0 Å². The van der Waals surface area contributed by atoms with Crippen LogP contribution in [0.4, 0.5) is 5.69 Å². The third-order valence-corrected chi connectivity index (χ3v) is 8.12. The standard InChI is InChI=1S/C24H25N3O4S/c1-3-26-16-17(19-6-4-5-7-23(19)26)14-21-20-15-18(8-9-22(20)25(2)24(21)28)32(29,30)27-10-12-31-13-11-27/h4-9,14-16H,3,10-13H2,1-2H3/b21-14-. The maximum Gasteiger partial charge on any atom is 0.258 e. The Morgan fingerprint density at radius 3 is 2.59 bits per heavy atom. The molecule has 1 saturated heterocycles. The molecule has 1 fully saturated rings. The number of ether oxygens (including phenoxy) is 1. The van der Waals surface area contributed by atoms with Crippen LogP contribution in [0.2, 0.25) is 0 Å². The Bertz CT molecular complexity index is 1350.